The number of rotatable bonds is 5. The molecule has 21 heavy (non-hydrogen) atoms. The maximum atomic E-state index is 12.1. The first-order chi connectivity index (χ1) is 10.0. The van der Waals surface area contributed by atoms with Gasteiger partial charge in [0, 0.05) is 12.7 Å². The van der Waals surface area contributed by atoms with Crippen molar-refractivity contribution in [1.82, 2.24) is 14.6 Å². The van der Waals surface area contributed by atoms with Crippen LogP contribution in [-0.2, 0) is 10.0 Å². The summed E-state index contributed by atoms with van der Waals surface area (Å²) in [5, 5.41) is 8.65. The predicted molar refractivity (Wildman–Crippen MR) is 79.0 cm³/mol. The van der Waals surface area contributed by atoms with Gasteiger partial charge in [0.15, 0.2) is 0 Å². The fraction of sp³-hybridized carbons (Fsp3) is 0.571. The van der Waals surface area contributed by atoms with E-state index in [4.69, 9.17) is 5.26 Å². The minimum absolute atomic E-state index is 0.102. The van der Waals surface area contributed by atoms with Crippen molar-refractivity contribution in [3.05, 3.63) is 24.0 Å². The quantitative estimate of drug-likeness (QED) is 0.875. The van der Waals surface area contributed by atoms with Gasteiger partial charge < -0.3 is 4.90 Å². The van der Waals surface area contributed by atoms with Gasteiger partial charge in [-0.25, -0.2) is 18.1 Å². The molecule has 0 radical (unpaired) electrons. The molecule has 1 aliphatic rings. The fourth-order valence-corrected chi connectivity index (χ4v) is 3.43. The number of pyridine rings is 1. The summed E-state index contributed by atoms with van der Waals surface area (Å²) in [5.74, 6) is 0.586. The Morgan fingerprint density at radius 3 is 2.71 bits per heavy atom. The van der Waals surface area contributed by atoms with Gasteiger partial charge in [-0.1, -0.05) is 0 Å². The molecule has 0 bridgehead atoms. The lowest BCUT2D eigenvalue weighted by atomic mass is 9.94. The van der Waals surface area contributed by atoms with Crippen molar-refractivity contribution in [3.63, 3.8) is 0 Å². The van der Waals surface area contributed by atoms with E-state index in [1.165, 1.54) is 18.3 Å². The molecular formula is C14H20N4O2S. The van der Waals surface area contributed by atoms with Crippen molar-refractivity contribution in [2.45, 2.75) is 24.2 Å². The number of piperidine rings is 1. The summed E-state index contributed by atoms with van der Waals surface area (Å²) >= 11 is 0. The van der Waals surface area contributed by atoms with Crippen molar-refractivity contribution in [1.29, 1.82) is 5.26 Å². The zero-order chi connectivity index (χ0) is 15.3. The fourth-order valence-electron chi connectivity index (χ4n) is 2.44. The normalized spacial score (nSPS) is 17.5. The summed E-state index contributed by atoms with van der Waals surface area (Å²) in [6.07, 6.45) is 4.32. The molecule has 1 fully saturated rings. The highest BCUT2D eigenvalue weighted by atomic mass is 32.2. The average molecular weight is 308 g/mol. The first kappa shape index (κ1) is 15.9. The third-order valence-corrected chi connectivity index (χ3v) is 5.29. The van der Waals surface area contributed by atoms with Crippen molar-refractivity contribution in [2.24, 2.45) is 5.92 Å². The summed E-state index contributed by atoms with van der Waals surface area (Å²) in [7, 11) is -1.42. The van der Waals surface area contributed by atoms with E-state index >= 15 is 0 Å². The molecule has 1 aromatic rings. The highest BCUT2D eigenvalue weighted by Crippen LogP contribution is 2.19. The van der Waals surface area contributed by atoms with Crippen LogP contribution in [0.4, 0.5) is 0 Å². The highest BCUT2D eigenvalue weighted by molar-refractivity contribution is 7.89. The van der Waals surface area contributed by atoms with Gasteiger partial charge in [-0.3, -0.25) is 0 Å². The number of nitrogens with one attached hydrogen (secondary N) is 1. The molecule has 0 aromatic carbocycles. The van der Waals surface area contributed by atoms with Gasteiger partial charge in [-0.15, -0.1) is 0 Å². The van der Waals surface area contributed by atoms with Crippen LogP contribution in [0.3, 0.4) is 0 Å². The number of aromatic nitrogens is 1. The second kappa shape index (κ2) is 6.98. The maximum absolute atomic E-state index is 12.1. The summed E-state index contributed by atoms with van der Waals surface area (Å²) in [5.41, 5.74) is 0.209. The van der Waals surface area contributed by atoms with E-state index in [9.17, 15) is 8.42 Å². The Hall–Kier alpha value is -1.49. The molecule has 1 N–H and O–H groups in total. The monoisotopic (exact) mass is 308 g/mol. The zero-order valence-electron chi connectivity index (χ0n) is 12.1. The number of nitriles is 1. The molecule has 1 saturated heterocycles. The van der Waals surface area contributed by atoms with E-state index < -0.39 is 10.0 Å². The molecule has 0 saturated carbocycles. The van der Waals surface area contributed by atoms with E-state index in [2.05, 4.69) is 21.7 Å². The minimum atomic E-state index is -3.53. The lowest BCUT2D eigenvalue weighted by Gasteiger charge is -2.28. The van der Waals surface area contributed by atoms with E-state index in [-0.39, 0.29) is 10.6 Å². The molecule has 2 heterocycles. The Balaban J connectivity index is 1.85. The molecule has 0 aliphatic carbocycles. The van der Waals surface area contributed by atoms with Gasteiger partial charge >= 0.3 is 0 Å². The lowest BCUT2D eigenvalue weighted by Crippen LogP contribution is -2.32. The molecule has 0 unspecified atom stereocenters. The van der Waals surface area contributed by atoms with Crippen LogP contribution in [0.2, 0.25) is 0 Å². The van der Waals surface area contributed by atoms with Crippen LogP contribution < -0.4 is 4.72 Å². The summed E-state index contributed by atoms with van der Waals surface area (Å²) in [4.78, 5) is 6.18. The highest BCUT2D eigenvalue weighted by Gasteiger charge is 2.18. The van der Waals surface area contributed by atoms with Gasteiger partial charge in [-0.2, -0.15) is 5.26 Å². The van der Waals surface area contributed by atoms with E-state index in [0.29, 0.717) is 12.5 Å². The topological polar surface area (TPSA) is 86.1 Å². The van der Waals surface area contributed by atoms with Crippen molar-refractivity contribution in [3.8, 4) is 6.07 Å². The average Bonchev–Trinajstić information content (AvgIpc) is 2.49. The third kappa shape index (κ3) is 4.49. The molecule has 114 valence electrons. The van der Waals surface area contributed by atoms with Crippen LogP contribution in [-0.4, -0.2) is 45.0 Å². The third-order valence-electron chi connectivity index (χ3n) is 3.84. The van der Waals surface area contributed by atoms with Gasteiger partial charge in [0.1, 0.15) is 16.7 Å². The summed E-state index contributed by atoms with van der Waals surface area (Å²) in [6, 6.07) is 4.68. The molecule has 1 aromatic heterocycles. The van der Waals surface area contributed by atoms with Crippen LogP contribution in [0.1, 0.15) is 25.0 Å². The number of sulfonamides is 1. The van der Waals surface area contributed by atoms with Crippen LogP contribution in [0.15, 0.2) is 23.2 Å². The zero-order valence-corrected chi connectivity index (χ0v) is 12.9. The second-order valence-corrected chi connectivity index (χ2v) is 7.19. The first-order valence-electron chi connectivity index (χ1n) is 7.05. The SMILES string of the molecule is CN1CCC(CCNS(=O)(=O)c2ccc(C#N)nc2)CC1. The number of hydrogen-bond acceptors (Lipinski definition) is 5. The smallest absolute Gasteiger partial charge is 0.242 e. The molecule has 0 amide bonds. The predicted octanol–water partition coefficient (Wildman–Crippen LogP) is 0.963. The van der Waals surface area contributed by atoms with Crippen LogP contribution in [0, 0.1) is 17.2 Å². The Morgan fingerprint density at radius 1 is 1.43 bits per heavy atom. The molecular weight excluding hydrogens is 288 g/mol. The standard InChI is InChI=1S/C14H20N4O2S/c1-18-8-5-12(6-9-18)4-7-17-21(19,20)14-3-2-13(10-15)16-11-14/h2-3,11-12,17H,4-9H2,1H3. The van der Waals surface area contributed by atoms with Crippen molar-refractivity contribution >= 4 is 10.0 Å². The molecule has 2 rings (SSSR count). The number of nitrogens with zero attached hydrogens (tertiary/aromatic N) is 3. The molecule has 0 spiro atoms. The van der Waals surface area contributed by atoms with Gasteiger partial charge in [0.25, 0.3) is 0 Å². The van der Waals surface area contributed by atoms with Crippen LogP contribution >= 0.6 is 0 Å². The lowest BCUT2D eigenvalue weighted by molar-refractivity contribution is 0.213. The maximum Gasteiger partial charge on any atom is 0.242 e. The van der Waals surface area contributed by atoms with Crippen molar-refractivity contribution < 1.29 is 8.42 Å². The van der Waals surface area contributed by atoms with E-state index in [0.717, 1.165) is 32.4 Å². The second-order valence-electron chi connectivity index (χ2n) is 5.42. The van der Waals surface area contributed by atoms with Crippen LogP contribution in [0.5, 0.6) is 0 Å². The Morgan fingerprint density at radius 2 is 2.14 bits per heavy atom. The molecule has 7 heteroatoms. The van der Waals surface area contributed by atoms with Gasteiger partial charge in [0.05, 0.1) is 0 Å². The summed E-state index contributed by atoms with van der Waals surface area (Å²) < 4.78 is 26.8. The first-order valence-corrected chi connectivity index (χ1v) is 8.54. The van der Waals surface area contributed by atoms with Crippen molar-refractivity contribution in [2.75, 3.05) is 26.7 Å². The Bertz CT molecular complexity index is 599. The molecule has 0 atom stereocenters. The Labute approximate surface area is 125 Å². The number of likely N-dealkylation sites (tertiary alicyclic amines) is 1. The molecule has 1 aliphatic heterocycles. The Kier molecular flexibility index (Phi) is 5.28. The largest absolute Gasteiger partial charge is 0.306 e. The minimum Gasteiger partial charge on any atom is -0.306 e. The van der Waals surface area contributed by atoms with Gasteiger partial charge in [-0.05, 0) is 57.5 Å². The van der Waals surface area contributed by atoms with Gasteiger partial charge in [0.2, 0.25) is 10.0 Å². The number of hydrogen-bond donors (Lipinski definition) is 1. The van der Waals surface area contributed by atoms with E-state index in [1.807, 2.05) is 6.07 Å². The molecule has 6 nitrogen and oxygen atoms in total. The van der Waals surface area contributed by atoms with Crippen LogP contribution in [0.25, 0.3) is 0 Å². The van der Waals surface area contributed by atoms with E-state index in [1.54, 1.807) is 0 Å². The summed E-state index contributed by atoms with van der Waals surface area (Å²) in [6.45, 7) is 2.60.